The molecule has 0 unspecified atom stereocenters. The largest absolute Gasteiger partial charge is 0.508 e. The molecule has 0 bridgehead atoms. The average Bonchev–Trinajstić information content (AvgIpc) is 2.39. The third kappa shape index (κ3) is 2.35. The highest BCUT2D eigenvalue weighted by Gasteiger charge is 2.05. The summed E-state index contributed by atoms with van der Waals surface area (Å²) in [6.07, 6.45) is 0.757. The highest BCUT2D eigenvalue weighted by atomic mass is 16.4. The first-order valence-corrected chi connectivity index (χ1v) is 5.77. The molecule has 0 saturated heterocycles. The average molecular weight is 242 g/mol. The van der Waals surface area contributed by atoms with Crippen molar-refractivity contribution in [3.8, 4) is 16.9 Å². The first kappa shape index (κ1) is 12.2. The van der Waals surface area contributed by atoms with Crippen molar-refractivity contribution >= 4 is 5.97 Å². The van der Waals surface area contributed by atoms with Crippen LogP contribution >= 0.6 is 0 Å². The van der Waals surface area contributed by atoms with Gasteiger partial charge in [0, 0.05) is 0 Å². The number of phenolic OH excluding ortho intramolecular Hbond substituents is 1. The molecule has 3 heteroatoms. The van der Waals surface area contributed by atoms with Gasteiger partial charge >= 0.3 is 5.97 Å². The lowest BCUT2D eigenvalue weighted by atomic mass is 10.0. The van der Waals surface area contributed by atoms with E-state index in [0.717, 1.165) is 23.1 Å². The highest BCUT2D eigenvalue weighted by Crippen LogP contribution is 2.26. The van der Waals surface area contributed by atoms with Crippen molar-refractivity contribution in [3.05, 3.63) is 53.6 Å². The summed E-state index contributed by atoms with van der Waals surface area (Å²) in [5.74, 6) is -0.634. The van der Waals surface area contributed by atoms with Gasteiger partial charge in [0.2, 0.25) is 0 Å². The van der Waals surface area contributed by atoms with Crippen LogP contribution in [-0.4, -0.2) is 16.2 Å². The maximum Gasteiger partial charge on any atom is 0.335 e. The molecule has 0 aliphatic rings. The Morgan fingerprint density at radius 2 is 1.67 bits per heavy atom. The van der Waals surface area contributed by atoms with Crippen molar-refractivity contribution in [2.75, 3.05) is 0 Å². The number of rotatable bonds is 3. The van der Waals surface area contributed by atoms with Crippen LogP contribution < -0.4 is 0 Å². The van der Waals surface area contributed by atoms with Gasteiger partial charge < -0.3 is 10.2 Å². The van der Waals surface area contributed by atoms with Gasteiger partial charge in [0.1, 0.15) is 5.75 Å². The first-order chi connectivity index (χ1) is 8.61. The summed E-state index contributed by atoms with van der Waals surface area (Å²) in [5, 5.41) is 18.5. The van der Waals surface area contributed by atoms with Crippen molar-refractivity contribution in [1.29, 1.82) is 0 Å². The number of hydrogen-bond donors (Lipinski definition) is 2. The number of benzene rings is 2. The van der Waals surface area contributed by atoms with E-state index in [1.807, 2.05) is 19.1 Å². The lowest BCUT2D eigenvalue weighted by Crippen LogP contribution is -1.95. The Hall–Kier alpha value is -2.29. The van der Waals surface area contributed by atoms with Gasteiger partial charge in [-0.2, -0.15) is 0 Å². The molecule has 0 aliphatic carbocycles. The van der Waals surface area contributed by atoms with Gasteiger partial charge in [-0.1, -0.05) is 25.1 Å². The summed E-state index contributed by atoms with van der Waals surface area (Å²) in [6, 6.07) is 12.1. The molecule has 2 aromatic carbocycles. The van der Waals surface area contributed by atoms with Gasteiger partial charge in [-0.3, -0.25) is 0 Å². The zero-order valence-electron chi connectivity index (χ0n) is 10.1. The van der Waals surface area contributed by atoms with Gasteiger partial charge in [0.15, 0.2) is 0 Å². The van der Waals surface area contributed by atoms with Crippen molar-refractivity contribution in [3.63, 3.8) is 0 Å². The van der Waals surface area contributed by atoms with Crippen molar-refractivity contribution < 1.29 is 15.0 Å². The predicted octanol–water partition coefficient (Wildman–Crippen LogP) is 3.32. The fourth-order valence-electron chi connectivity index (χ4n) is 1.85. The summed E-state index contributed by atoms with van der Waals surface area (Å²) in [7, 11) is 0. The number of carboxylic acids is 1. The van der Waals surface area contributed by atoms with E-state index in [4.69, 9.17) is 5.11 Å². The van der Waals surface area contributed by atoms with E-state index in [1.54, 1.807) is 30.3 Å². The molecule has 0 heterocycles. The van der Waals surface area contributed by atoms with E-state index in [9.17, 15) is 9.90 Å². The third-order valence-electron chi connectivity index (χ3n) is 2.93. The lowest BCUT2D eigenvalue weighted by molar-refractivity contribution is 0.0697. The van der Waals surface area contributed by atoms with E-state index in [1.165, 1.54) is 0 Å². The number of aromatic carboxylic acids is 1. The number of phenols is 1. The molecule has 0 aromatic heterocycles. The Bertz CT molecular complexity index is 571. The summed E-state index contributed by atoms with van der Waals surface area (Å²) >= 11 is 0. The van der Waals surface area contributed by atoms with E-state index in [2.05, 4.69) is 0 Å². The Morgan fingerprint density at radius 1 is 1.06 bits per heavy atom. The monoisotopic (exact) mass is 242 g/mol. The smallest absolute Gasteiger partial charge is 0.335 e. The van der Waals surface area contributed by atoms with Crippen molar-refractivity contribution in [1.82, 2.24) is 0 Å². The van der Waals surface area contributed by atoms with Crippen LogP contribution in [0.4, 0.5) is 0 Å². The molecule has 0 amide bonds. The molecule has 92 valence electrons. The fraction of sp³-hybridized carbons (Fsp3) is 0.133. The fourth-order valence-corrected chi connectivity index (χ4v) is 1.85. The Kier molecular flexibility index (Phi) is 3.33. The molecule has 2 rings (SSSR count). The van der Waals surface area contributed by atoms with E-state index < -0.39 is 5.97 Å². The second-order valence-electron chi connectivity index (χ2n) is 4.08. The van der Waals surface area contributed by atoms with Crippen LogP contribution in [0.2, 0.25) is 0 Å². The van der Waals surface area contributed by atoms with Crippen LogP contribution in [-0.2, 0) is 6.42 Å². The van der Waals surface area contributed by atoms with Crippen LogP contribution in [0.1, 0.15) is 22.8 Å². The Morgan fingerprint density at radius 3 is 2.22 bits per heavy atom. The minimum absolute atomic E-state index is 0.272. The van der Waals surface area contributed by atoms with Crippen LogP contribution in [0.15, 0.2) is 42.5 Å². The quantitative estimate of drug-likeness (QED) is 0.868. The van der Waals surface area contributed by atoms with E-state index in [-0.39, 0.29) is 5.56 Å². The summed E-state index contributed by atoms with van der Waals surface area (Å²) < 4.78 is 0. The number of carbonyl (C=O) groups is 1. The molecule has 2 N–H and O–H groups in total. The minimum atomic E-state index is -0.929. The van der Waals surface area contributed by atoms with Gasteiger partial charge in [-0.25, -0.2) is 4.79 Å². The van der Waals surface area contributed by atoms with Crippen LogP contribution in [0.5, 0.6) is 5.75 Å². The molecule has 18 heavy (non-hydrogen) atoms. The molecule has 0 fully saturated rings. The van der Waals surface area contributed by atoms with Gasteiger partial charge in [0.25, 0.3) is 0 Å². The minimum Gasteiger partial charge on any atom is -0.508 e. The Balaban J connectivity index is 2.39. The predicted molar refractivity (Wildman–Crippen MR) is 69.9 cm³/mol. The summed E-state index contributed by atoms with van der Waals surface area (Å²) in [5.41, 5.74) is 3.07. The van der Waals surface area contributed by atoms with Crippen molar-refractivity contribution in [2.45, 2.75) is 13.3 Å². The number of carboxylic acid groups (broad SMARTS) is 1. The summed E-state index contributed by atoms with van der Waals surface area (Å²) in [4.78, 5) is 10.8. The van der Waals surface area contributed by atoms with Gasteiger partial charge in [0.05, 0.1) is 5.56 Å². The second-order valence-corrected chi connectivity index (χ2v) is 4.08. The maximum absolute atomic E-state index is 10.8. The lowest BCUT2D eigenvalue weighted by Gasteiger charge is -2.06. The van der Waals surface area contributed by atoms with Crippen LogP contribution in [0.3, 0.4) is 0 Å². The van der Waals surface area contributed by atoms with E-state index >= 15 is 0 Å². The van der Waals surface area contributed by atoms with Crippen LogP contribution in [0.25, 0.3) is 11.1 Å². The normalized spacial score (nSPS) is 10.3. The molecule has 0 saturated carbocycles. The molecular weight excluding hydrogens is 228 g/mol. The van der Waals surface area contributed by atoms with Crippen molar-refractivity contribution in [2.24, 2.45) is 0 Å². The number of hydrogen-bond acceptors (Lipinski definition) is 2. The topological polar surface area (TPSA) is 57.5 Å². The standard InChI is InChI=1S/C15H14O3/c1-2-10-9-13(7-8-14(10)16)11-3-5-12(6-4-11)15(17)18/h3-9,16H,2H2,1H3,(H,17,18). The highest BCUT2D eigenvalue weighted by molar-refractivity contribution is 5.88. The first-order valence-electron chi connectivity index (χ1n) is 5.77. The molecule has 0 aliphatic heterocycles. The SMILES string of the molecule is CCc1cc(-c2ccc(C(=O)O)cc2)ccc1O. The Labute approximate surface area is 105 Å². The molecule has 0 atom stereocenters. The zero-order chi connectivity index (χ0) is 13.1. The zero-order valence-corrected chi connectivity index (χ0v) is 10.1. The third-order valence-corrected chi connectivity index (χ3v) is 2.93. The van der Waals surface area contributed by atoms with Gasteiger partial charge in [-0.05, 0) is 47.4 Å². The summed E-state index contributed by atoms with van der Waals surface area (Å²) in [6.45, 7) is 1.98. The number of aromatic hydroxyl groups is 1. The van der Waals surface area contributed by atoms with Gasteiger partial charge in [-0.15, -0.1) is 0 Å². The maximum atomic E-state index is 10.8. The van der Waals surface area contributed by atoms with Crippen LogP contribution in [0, 0.1) is 0 Å². The van der Waals surface area contributed by atoms with E-state index in [0.29, 0.717) is 5.75 Å². The molecule has 2 aromatic rings. The molecule has 0 spiro atoms. The molecule has 0 radical (unpaired) electrons. The second kappa shape index (κ2) is 4.92. The molecular formula is C15H14O3. The molecule has 3 nitrogen and oxygen atoms in total. The number of aryl methyl sites for hydroxylation is 1.